The Hall–Kier alpha value is -1.73. The molecule has 0 radical (unpaired) electrons. The maximum absolute atomic E-state index is 12.2. The smallest absolute Gasteiger partial charge is 0.273 e. The molecule has 22 heavy (non-hydrogen) atoms. The molecule has 0 bridgehead atoms. The van der Waals surface area contributed by atoms with E-state index in [9.17, 15) is 4.79 Å². The summed E-state index contributed by atoms with van der Waals surface area (Å²) in [6, 6.07) is 0.297. The number of hydrogen-bond donors (Lipinski definition) is 2. The first-order valence-corrected chi connectivity index (χ1v) is 7.74. The zero-order valence-corrected chi connectivity index (χ0v) is 13.3. The van der Waals surface area contributed by atoms with Crippen LogP contribution in [-0.4, -0.2) is 59.7 Å². The number of rotatable bonds is 6. The Labute approximate surface area is 131 Å². The fraction of sp³-hybridized carbons (Fsp3) is 0.667. The maximum Gasteiger partial charge on any atom is 0.273 e. The summed E-state index contributed by atoms with van der Waals surface area (Å²) in [5.41, 5.74) is 5.88. The average Bonchev–Trinajstić information content (AvgIpc) is 2.52. The van der Waals surface area contributed by atoms with Gasteiger partial charge in [-0.2, -0.15) is 0 Å². The van der Waals surface area contributed by atoms with Crippen LogP contribution in [0, 0.1) is 5.92 Å². The molecule has 0 aromatic carbocycles. The fourth-order valence-corrected chi connectivity index (χ4v) is 2.67. The number of amides is 1. The number of anilines is 1. The second-order valence-corrected chi connectivity index (χ2v) is 5.93. The number of ether oxygens (including phenoxy) is 1. The Bertz CT molecular complexity index is 489. The number of aromatic nitrogens is 2. The van der Waals surface area contributed by atoms with Crippen molar-refractivity contribution in [1.82, 2.24) is 20.2 Å². The molecular weight excluding hydrogens is 282 g/mol. The molecule has 7 nitrogen and oxygen atoms in total. The lowest BCUT2D eigenvalue weighted by Crippen LogP contribution is -2.49. The van der Waals surface area contributed by atoms with Crippen molar-refractivity contribution in [3.63, 3.8) is 0 Å². The van der Waals surface area contributed by atoms with Crippen molar-refractivity contribution in [1.29, 1.82) is 0 Å². The van der Waals surface area contributed by atoms with Gasteiger partial charge in [-0.3, -0.25) is 9.69 Å². The molecule has 1 atom stereocenters. The first kappa shape index (κ1) is 16.6. The van der Waals surface area contributed by atoms with Gasteiger partial charge in [0.1, 0.15) is 0 Å². The van der Waals surface area contributed by atoms with Gasteiger partial charge in [0.15, 0.2) is 11.5 Å². The molecule has 1 saturated heterocycles. The van der Waals surface area contributed by atoms with E-state index in [1.165, 1.54) is 12.4 Å². The van der Waals surface area contributed by atoms with Crippen molar-refractivity contribution in [3.05, 3.63) is 18.1 Å². The zero-order chi connectivity index (χ0) is 15.9. The van der Waals surface area contributed by atoms with Crippen LogP contribution in [-0.2, 0) is 4.74 Å². The molecule has 0 saturated carbocycles. The average molecular weight is 307 g/mol. The predicted molar refractivity (Wildman–Crippen MR) is 84.4 cm³/mol. The number of nitrogens with two attached hydrogens (primary N) is 1. The second-order valence-electron chi connectivity index (χ2n) is 5.93. The molecule has 1 aromatic heterocycles. The van der Waals surface area contributed by atoms with E-state index in [0.717, 1.165) is 32.7 Å². The van der Waals surface area contributed by atoms with Gasteiger partial charge in [-0.15, -0.1) is 0 Å². The molecule has 122 valence electrons. The number of carbonyl (C=O) groups is 1. The topological polar surface area (TPSA) is 93.4 Å². The fourth-order valence-electron chi connectivity index (χ4n) is 2.67. The zero-order valence-electron chi connectivity index (χ0n) is 13.3. The summed E-state index contributed by atoms with van der Waals surface area (Å²) in [6.07, 6.45) is 3.97. The van der Waals surface area contributed by atoms with Gasteiger partial charge in [0.25, 0.3) is 5.91 Å². The van der Waals surface area contributed by atoms with Crippen LogP contribution in [0.4, 0.5) is 5.82 Å². The second kappa shape index (κ2) is 8.05. The van der Waals surface area contributed by atoms with Crippen molar-refractivity contribution in [2.24, 2.45) is 5.92 Å². The Morgan fingerprint density at radius 2 is 2.05 bits per heavy atom. The molecule has 0 spiro atoms. The van der Waals surface area contributed by atoms with Crippen LogP contribution >= 0.6 is 0 Å². The van der Waals surface area contributed by atoms with E-state index in [1.54, 1.807) is 0 Å². The van der Waals surface area contributed by atoms with Crippen LogP contribution in [0.3, 0.4) is 0 Å². The van der Waals surface area contributed by atoms with E-state index in [4.69, 9.17) is 10.5 Å². The van der Waals surface area contributed by atoms with E-state index >= 15 is 0 Å². The van der Waals surface area contributed by atoms with Gasteiger partial charge in [0, 0.05) is 38.1 Å². The molecule has 2 heterocycles. The number of hydrogen-bond acceptors (Lipinski definition) is 6. The Balaban J connectivity index is 1.95. The molecular formula is C15H25N5O2. The molecule has 1 unspecified atom stereocenters. The highest BCUT2D eigenvalue weighted by Crippen LogP contribution is 2.13. The largest absolute Gasteiger partial charge is 0.382 e. The molecule has 3 N–H and O–H groups in total. The summed E-state index contributed by atoms with van der Waals surface area (Å²) in [5, 5.41) is 2.94. The van der Waals surface area contributed by atoms with Crippen molar-refractivity contribution in [2.75, 3.05) is 38.6 Å². The molecule has 7 heteroatoms. The van der Waals surface area contributed by atoms with E-state index < -0.39 is 0 Å². The highest BCUT2D eigenvalue weighted by Gasteiger charge is 2.23. The minimum atomic E-state index is -0.271. The van der Waals surface area contributed by atoms with E-state index in [-0.39, 0.29) is 17.4 Å². The van der Waals surface area contributed by atoms with Crippen LogP contribution in [0.15, 0.2) is 12.4 Å². The van der Waals surface area contributed by atoms with Gasteiger partial charge in [-0.1, -0.05) is 13.8 Å². The quantitative estimate of drug-likeness (QED) is 0.796. The summed E-state index contributed by atoms with van der Waals surface area (Å²) in [4.78, 5) is 22.5. The Morgan fingerprint density at radius 1 is 1.36 bits per heavy atom. The monoisotopic (exact) mass is 307 g/mol. The van der Waals surface area contributed by atoms with Crippen LogP contribution < -0.4 is 11.1 Å². The number of carbonyl (C=O) groups excluding carboxylic acids is 1. The van der Waals surface area contributed by atoms with Crippen molar-refractivity contribution in [2.45, 2.75) is 26.3 Å². The number of morpholine rings is 1. The summed E-state index contributed by atoms with van der Waals surface area (Å²) in [6.45, 7) is 8.26. The van der Waals surface area contributed by atoms with E-state index in [2.05, 4.69) is 34.0 Å². The van der Waals surface area contributed by atoms with Gasteiger partial charge in [-0.05, 0) is 12.3 Å². The van der Waals surface area contributed by atoms with E-state index in [0.29, 0.717) is 18.5 Å². The lowest BCUT2D eigenvalue weighted by molar-refractivity contribution is 0.0124. The molecule has 2 rings (SSSR count). The molecule has 0 aliphatic carbocycles. The summed E-state index contributed by atoms with van der Waals surface area (Å²) in [5.74, 6) is 0.450. The highest BCUT2D eigenvalue weighted by atomic mass is 16.5. The minimum absolute atomic E-state index is 0.159. The molecule has 1 aliphatic rings. The van der Waals surface area contributed by atoms with E-state index in [1.807, 2.05) is 0 Å². The SMILES string of the molecule is CC(C)CC(CNC(=O)c1nccnc1N)N1CCOCC1. The van der Waals surface area contributed by atoms with Crippen LogP contribution in [0.2, 0.25) is 0 Å². The third-order valence-electron chi connectivity index (χ3n) is 3.75. The third kappa shape index (κ3) is 4.64. The Morgan fingerprint density at radius 3 is 2.68 bits per heavy atom. The molecule has 1 amide bonds. The summed E-state index contributed by atoms with van der Waals surface area (Å²) < 4.78 is 5.40. The van der Waals surface area contributed by atoms with Gasteiger partial charge in [0.05, 0.1) is 13.2 Å². The highest BCUT2D eigenvalue weighted by molar-refractivity contribution is 5.96. The third-order valence-corrected chi connectivity index (χ3v) is 3.75. The standard InChI is InChI=1S/C15H25N5O2/c1-11(2)9-12(20-5-7-22-8-6-20)10-19-15(21)13-14(16)18-4-3-17-13/h3-4,11-12H,5-10H2,1-2H3,(H2,16,18)(H,19,21). The lowest BCUT2D eigenvalue weighted by atomic mass is 10.0. The minimum Gasteiger partial charge on any atom is -0.382 e. The van der Waals surface area contributed by atoms with Gasteiger partial charge in [0.2, 0.25) is 0 Å². The normalized spacial score (nSPS) is 17.4. The lowest BCUT2D eigenvalue weighted by Gasteiger charge is -2.35. The predicted octanol–water partition coefficient (Wildman–Crippen LogP) is 0.536. The van der Waals surface area contributed by atoms with Crippen LogP contribution in [0.25, 0.3) is 0 Å². The van der Waals surface area contributed by atoms with Crippen molar-refractivity contribution < 1.29 is 9.53 Å². The summed E-state index contributed by atoms with van der Waals surface area (Å²) in [7, 11) is 0. The van der Waals surface area contributed by atoms with Crippen molar-refractivity contribution >= 4 is 11.7 Å². The number of nitrogen functional groups attached to an aromatic ring is 1. The first-order chi connectivity index (χ1) is 10.6. The van der Waals surface area contributed by atoms with Crippen LogP contribution in [0.5, 0.6) is 0 Å². The van der Waals surface area contributed by atoms with Gasteiger partial charge < -0.3 is 15.8 Å². The molecule has 1 aliphatic heterocycles. The molecule has 1 fully saturated rings. The van der Waals surface area contributed by atoms with Gasteiger partial charge in [-0.25, -0.2) is 9.97 Å². The first-order valence-electron chi connectivity index (χ1n) is 7.74. The molecule has 1 aromatic rings. The van der Waals surface area contributed by atoms with Gasteiger partial charge >= 0.3 is 0 Å². The number of nitrogens with zero attached hydrogens (tertiary/aromatic N) is 3. The Kier molecular flexibility index (Phi) is 6.09. The maximum atomic E-state index is 12.2. The number of nitrogens with one attached hydrogen (secondary N) is 1. The van der Waals surface area contributed by atoms with Crippen molar-refractivity contribution in [3.8, 4) is 0 Å². The summed E-state index contributed by atoms with van der Waals surface area (Å²) >= 11 is 0. The van der Waals surface area contributed by atoms with Crippen LogP contribution in [0.1, 0.15) is 30.8 Å².